The Balaban J connectivity index is 1.64. The number of anilines is 2. The number of hydrogen-bond donors (Lipinski definition) is 1. The van der Waals surface area contributed by atoms with Gasteiger partial charge >= 0.3 is 0 Å². The number of nitrogens with one attached hydrogen (secondary N) is 1. The van der Waals surface area contributed by atoms with Gasteiger partial charge in [0.1, 0.15) is 23.9 Å². The second-order valence-corrected chi connectivity index (χ2v) is 4.92. The van der Waals surface area contributed by atoms with E-state index in [1.807, 2.05) is 43.3 Å². The number of rotatable bonds is 4. The molecule has 0 radical (unpaired) electrons. The molecule has 1 aliphatic rings. The second kappa shape index (κ2) is 5.78. The summed E-state index contributed by atoms with van der Waals surface area (Å²) in [7, 11) is 4.00. The van der Waals surface area contributed by atoms with Crippen molar-refractivity contribution in [3.63, 3.8) is 0 Å². The topological polar surface area (TPSA) is 62.6 Å². The van der Waals surface area contributed by atoms with E-state index in [0.29, 0.717) is 13.2 Å². The molecule has 21 heavy (non-hydrogen) atoms. The molecule has 2 heterocycles. The molecule has 0 fully saturated rings. The van der Waals surface area contributed by atoms with Crippen LogP contribution in [0.15, 0.2) is 41.7 Å². The molecule has 6 nitrogen and oxygen atoms in total. The zero-order valence-corrected chi connectivity index (χ0v) is 12.1. The molecule has 1 N–H and O–H groups in total. The lowest BCUT2D eigenvalue weighted by atomic mass is 10.3. The van der Waals surface area contributed by atoms with Crippen LogP contribution in [-0.4, -0.2) is 36.5 Å². The van der Waals surface area contributed by atoms with Gasteiger partial charge in [0.05, 0.1) is 6.54 Å². The molecule has 0 unspecified atom stereocenters. The Hall–Kier alpha value is -2.63. The van der Waals surface area contributed by atoms with Gasteiger partial charge in [0, 0.05) is 38.2 Å². The van der Waals surface area contributed by atoms with Gasteiger partial charge in [0.2, 0.25) is 0 Å². The van der Waals surface area contributed by atoms with Crippen molar-refractivity contribution < 1.29 is 4.74 Å². The highest BCUT2D eigenvalue weighted by molar-refractivity contribution is 5.97. The Bertz CT molecular complexity index is 669. The highest BCUT2D eigenvalue weighted by Crippen LogP contribution is 2.20. The molecule has 6 heteroatoms. The summed E-state index contributed by atoms with van der Waals surface area (Å²) in [6.45, 7) is 0.916. The van der Waals surface area contributed by atoms with E-state index in [2.05, 4.69) is 20.3 Å². The Morgan fingerprint density at radius 1 is 1.24 bits per heavy atom. The molecule has 1 aromatic carbocycles. The third-order valence-corrected chi connectivity index (χ3v) is 3.17. The number of hydrogen-bond acceptors (Lipinski definition) is 6. The fourth-order valence-corrected chi connectivity index (χ4v) is 2.02. The van der Waals surface area contributed by atoms with Crippen LogP contribution in [0, 0.1) is 0 Å². The van der Waals surface area contributed by atoms with Crippen molar-refractivity contribution in [2.24, 2.45) is 4.99 Å². The highest BCUT2D eigenvalue weighted by atomic mass is 16.5. The standard InChI is InChI=1S/C15H17N5O/c1-20(2)11-4-3-5-12(8-11)21-10-14-18-9-13-15(19-14)17-7-6-16-13/h3-8H,9-10H2,1-2H3,(H,17,18,19). The molecular weight excluding hydrogens is 266 g/mol. The Labute approximate surface area is 123 Å². The van der Waals surface area contributed by atoms with Crippen molar-refractivity contribution in [2.45, 2.75) is 6.54 Å². The Morgan fingerprint density at radius 2 is 2.10 bits per heavy atom. The molecule has 0 saturated heterocycles. The minimum Gasteiger partial charge on any atom is -0.486 e. The third-order valence-electron chi connectivity index (χ3n) is 3.17. The second-order valence-electron chi connectivity index (χ2n) is 4.92. The maximum Gasteiger partial charge on any atom is 0.155 e. The van der Waals surface area contributed by atoms with Crippen LogP contribution in [0.4, 0.5) is 11.5 Å². The van der Waals surface area contributed by atoms with Gasteiger partial charge in [-0.2, -0.15) is 0 Å². The number of nitrogens with zero attached hydrogens (tertiary/aromatic N) is 4. The van der Waals surface area contributed by atoms with E-state index in [1.165, 1.54) is 0 Å². The molecular formula is C15H17N5O. The van der Waals surface area contributed by atoms with E-state index >= 15 is 0 Å². The van der Waals surface area contributed by atoms with Crippen LogP contribution < -0.4 is 15.0 Å². The van der Waals surface area contributed by atoms with E-state index < -0.39 is 0 Å². The summed E-state index contributed by atoms with van der Waals surface area (Å²) >= 11 is 0. The lowest BCUT2D eigenvalue weighted by Crippen LogP contribution is -2.25. The van der Waals surface area contributed by atoms with Crippen LogP contribution in [0.1, 0.15) is 5.69 Å². The van der Waals surface area contributed by atoms with Crippen molar-refractivity contribution in [3.8, 4) is 5.75 Å². The van der Waals surface area contributed by atoms with E-state index in [4.69, 9.17) is 4.74 Å². The first-order chi connectivity index (χ1) is 10.2. The first kappa shape index (κ1) is 13.4. The lowest BCUT2D eigenvalue weighted by Gasteiger charge is -2.17. The Kier molecular flexibility index (Phi) is 3.68. The van der Waals surface area contributed by atoms with Crippen LogP contribution in [0.2, 0.25) is 0 Å². The summed E-state index contributed by atoms with van der Waals surface area (Å²) < 4.78 is 5.78. The lowest BCUT2D eigenvalue weighted by molar-refractivity contribution is 0.375. The summed E-state index contributed by atoms with van der Waals surface area (Å²) in [5.74, 6) is 2.34. The van der Waals surface area contributed by atoms with Crippen molar-refractivity contribution in [1.29, 1.82) is 0 Å². The molecule has 3 rings (SSSR count). The maximum absolute atomic E-state index is 5.78. The summed E-state index contributed by atoms with van der Waals surface area (Å²) in [6.07, 6.45) is 3.33. The van der Waals surface area contributed by atoms with Crippen LogP contribution in [0.25, 0.3) is 0 Å². The predicted octanol–water partition coefficient (Wildman–Crippen LogP) is 1.95. The molecule has 0 amide bonds. The zero-order valence-electron chi connectivity index (χ0n) is 12.1. The Morgan fingerprint density at radius 3 is 2.95 bits per heavy atom. The number of amidine groups is 1. The monoisotopic (exact) mass is 283 g/mol. The SMILES string of the molecule is CN(C)c1cccc(OCC2=NCc3nccnc3N2)c1. The average molecular weight is 283 g/mol. The fraction of sp³-hybridized carbons (Fsp3) is 0.267. The van der Waals surface area contributed by atoms with Crippen LogP contribution >= 0.6 is 0 Å². The normalized spacial score (nSPS) is 13.0. The van der Waals surface area contributed by atoms with Crippen molar-refractivity contribution in [3.05, 3.63) is 42.4 Å². The van der Waals surface area contributed by atoms with Crippen LogP contribution in [0.5, 0.6) is 5.75 Å². The fourth-order valence-electron chi connectivity index (χ4n) is 2.02. The van der Waals surface area contributed by atoms with E-state index in [9.17, 15) is 0 Å². The van der Waals surface area contributed by atoms with Gasteiger partial charge in [-0.25, -0.2) is 4.98 Å². The minimum absolute atomic E-state index is 0.382. The van der Waals surface area contributed by atoms with Gasteiger partial charge in [0.15, 0.2) is 5.82 Å². The average Bonchev–Trinajstić information content (AvgIpc) is 2.53. The van der Waals surface area contributed by atoms with Gasteiger partial charge in [-0.05, 0) is 12.1 Å². The number of aliphatic imine (C=N–C) groups is 1. The van der Waals surface area contributed by atoms with E-state index in [-0.39, 0.29) is 0 Å². The molecule has 0 spiro atoms. The highest BCUT2D eigenvalue weighted by Gasteiger charge is 2.13. The largest absolute Gasteiger partial charge is 0.486 e. The van der Waals surface area contributed by atoms with Gasteiger partial charge in [-0.1, -0.05) is 6.07 Å². The molecule has 0 saturated carbocycles. The smallest absolute Gasteiger partial charge is 0.155 e. The molecule has 0 atom stereocenters. The summed E-state index contributed by atoms with van der Waals surface area (Å²) in [6, 6.07) is 7.94. The molecule has 1 aliphatic heterocycles. The van der Waals surface area contributed by atoms with Crippen molar-refractivity contribution in [1.82, 2.24) is 9.97 Å². The maximum atomic E-state index is 5.78. The zero-order chi connectivity index (χ0) is 14.7. The first-order valence-electron chi connectivity index (χ1n) is 6.73. The van der Waals surface area contributed by atoms with E-state index in [1.54, 1.807) is 12.4 Å². The molecule has 2 aromatic rings. The summed E-state index contributed by atoms with van der Waals surface area (Å²) in [4.78, 5) is 14.9. The number of ether oxygens (including phenoxy) is 1. The molecule has 108 valence electrons. The van der Waals surface area contributed by atoms with Gasteiger partial charge in [-0.15, -0.1) is 0 Å². The number of aromatic nitrogens is 2. The predicted molar refractivity (Wildman–Crippen MR) is 83.1 cm³/mol. The van der Waals surface area contributed by atoms with E-state index in [0.717, 1.165) is 28.8 Å². The van der Waals surface area contributed by atoms with Crippen LogP contribution in [-0.2, 0) is 6.54 Å². The molecule has 1 aromatic heterocycles. The first-order valence-corrected chi connectivity index (χ1v) is 6.73. The summed E-state index contributed by atoms with van der Waals surface area (Å²) in [5.41, 5.74) is 1.96. The van der Waals surface area contributed by atoms with Crippen LogP contribution in [0.3, 0.4) is 0 Å². The van der Waals surface area contributed by atoms with Gasteiger partial charge in [-0.3, -0.25) is 9.98 Å². The molecule has 0 bridgehead atoms. The quantitative estimate of drug-likeness (QED) is 0.929. The number of benzene rings is 1. The number of fused-ring (bicyclic) bond motifs is 1. The summed E-state index contributed by atoms with van der Waals surface area (Å²) in [5, 5.41) is 3.15. The minimum atomic E-state index is 0.382. The van der Waals surface area contributed by atoms with Crippen molar-refractivity contribution in [2.75, 3.05) is 30.9 Å². The molecule has 0 aliphatic carbocycles. The van der Waals surface area contributed by atoms with Gasteiger partial charge < -0.3 is 15.0 Å². The third kappa shape index (κ3) is 3.10. The van der Waals surface area contributed by atoms with Crippen molar-refractivity contribution >= 4 is 17.3 Å². The van der Waals surface area contributed by atoms with Gasteiger partial charge in [0.25, 0.3) is 0 Å².